The van der Waals surface area contributed by atoms with Gasteiger partial charge in [0.2, 0.25) is 0 Å². The lowest BCUT2D eigenvalue weighted by Crippen LogP contribution is -2.35. The maximum atomic E-state index is 12.9. The van der Waals surface area contributed by atoms with Crippen LogP contribution in [0.4, 0.5) is 10.5 Å². The lowest BCUT2D eigenvalue weighted by Gasteiger charge is -2.34. The Morgan fingerprint density at radius 3 is 2.47 bits per heavy atom. The number of carboxylic acid groups (broad SMARTS) is 1. The lowest BCUT2D eigenvalue weighted by atomic mass is 9.84. The number of non-ortho nitro benzene ring substituents is 1. The van der Waals surface area contributed by atoms with E-state index in [0.717, 1.165) is 4.90 Å². The van der Waals surface area contributed by atoms with Gasteiger partial charge in [-0.1, -0.05) is 38.5 Å². The number of ether oxygens (including phenoxy) is 1. The van der Waals surface area contributed by atoms with Gasteiger partial charge in [0, 0.05) is 29.4 Å². The number of nitriles is 1. The van der Waals surface area contributed by atoms with E-state index < -0.39 is 22.9 Å². The van der Waals surface area contributed by atoms with Gasteiger partial charge in [-0.2, -0.15) is 5.26 Å². The summed E-state index contributed by atoms with van der Waals surface area (Å²) in [5, 5.41) is 29.5. The van der Waals surface area contributed by atoms with Crippen molar-refractivity contribution in [1.82, 2.24) is 4.90 Å². The smallest absolute Gasteiger partial charge is 0.415 e. The molecular weight excluding hydrogens is 390 g/mol. The van der Waals surface area contributed by atoms with Crippen molar-refractivity contribution in [3.8, 4) is 6.07 Å². The molecule has 0 spiro atoms. The second kappa shape index (κ2) is 10.2. The van der Waals surface area contributed by atoms with Crippen LogP contribution in [0.1, 0.15) is 51.0 Å². The highest BCUT2D eigenvalue weighted by atomic mass is 16.6. The van der Waals surface area contributed by atoms with E-state index in [1.165, 1.54) is 12.1 Å². The Balaban J connectivity index is 2.63. The SMILES string of the molecule is CCCC1=C(C(=O)OCCC#N)C(c2ccc([N+](=O)[O-])cc2)C=C(CC)N1C(=O)O. The van der Waals surface area contributed by atoms with Gasteiger partial charge < -0.3 is 9.84 Å². The highest BCUT2D eigenvalue weighted by Crippen LogP contribution is 2.40. The van der Waals surface area contributed by atoms with Gasteiger partial charge in [0.05, 0.1) is 23.0 Å². The van der Waals surface area contributed by atoms with Crippen molar-refractivity contribution in [2.45, 2.75) is 45.4 Å². The number of nitro groups is 1. The summed E-state index contributed by atoms with van der Waals surface area (Å²) < 4.78 is 5.23. The molecule has 0 fully saturated rings. The number of carbonyl (C=O) groups is 2. The van der Waals surface area contributed by atoms with Gasteiger partial charge in [-0.15, -0.1) is 0 Å². The van der Waals surface area contributed by atoms with Gasteiger partial charge in [-0.25, -0.2) is 9.59 Å². The van der Waals surface area contributed by atoms with Crippen molar-refractivity contribution in [2.24, 2.45) is 0 Å². The van der Waals surface area contributed by atoms with Crippen LogP contribution in [0.2, 0.25) is 0 Å². The zero-order valence-corrected chi connectivity index (χ0v) is 16.8. The van der Waals surface area contributed by atoms with Crippen molar-refractivity contribution in [1.29, 1.82) is 5.26 Å². The van der Waals surface area contributed by atoms with Crippen molar-refractivity contribution in [3.63, 3.8) is 0 Å². The number of carbonyl (C=O) groups excluding carboxylic acids is 1. The van der Waals surface area contributed by atoms with E-state index in [4.69, 9.17) is 10.00 Å². The van der Waals surface area contributed by atoms with Crippen molar-refractivity contribution in [2.75, 3.05) is 6.61 Å². The molecule has 1 unspecified atom stereocenters. The molecule has 1 aliphatic rings. The standard InChI is InChI=1S/C21H23N3O6/c1-3-6-18-19(20(25)30-12-5-11-22)17(13-15(4-2)23(18)21(26)27)14-7-9-16(10-8-14)24(28)29/h7-10,13,17H,3-6,12H2,1-2H3,(H,26,27). The fraction of sp³-hybridized carbons (Fsp3) is 0.381. The van der Waals surface area contributed by atoms with Crippen molar-refractivity contribution >= 4 is 17.7 Å². The first kappa shape index (κ1) is 22.6. The largest absolute Gasteiger partial charge is 0.464 e. The molecule has 1 N–H and O–H groups in total. The quantitative estimate of drug-likeness (QED) is 0.287. The maximum Gasteiger partial charge on any atom is 0.415 e. The Morgan fingerprint density at radius 2 is 1.97 bits per heavy atom. The van der Waals surface area contributed by atoms with Crippen LogP contribution in [0.3, 0.4) is 0 Å². The number of hydrogen-bond acceptors (Lipinski definition) is 6. The predicted octanol–water partition coefficient (Wildman–Crippen LogP) is 4.48. The first-order chi connectivity index (χ1) is 14.3. The van der Waals surface area contributed by atoms with Crippen LogP contribution < -0.4 is 0 Å². The normalized spacial score (nSPS) is 16.0. The maximum absolute atomic E-state index is 12.9. The Bertz CT molecular complexity index is 927. The minimum atomic E-state index is -1.20. The first-order valence-corrected chi connectivity index (χ1v) is 9.60. The van der Waals surface area contributed by atoms with Crippen LogP contribution in [0, 0.1) is 21.4 Å². The molecule has 1 aromatic carbocycles. The van der Waals surface area contributed by atoms with Gasteiger partial charge in [0.1, 0.15) is 6.61 Å². The summed E-state index contributed by atoms with van der Waals surface area (Å²) in [4.78, 5) is 36.5. The third-order valence-corrected chi connectivity index (χ3v) is 4.71. The minimum absolute atomic E-state index is 0.0169. The summed E-state index contributed by atoms with van der Waals surface area (Å²) in [6, 6.07) is 7.68. The van der Waals surface area contributed by atoms with Crippen LogP contribution >= 0.6 is 0 Å². The van der Waals surface area contributed by atoms with Gasteiger partial charge in [0.15, 0.2) is 0 Å². The molecule has 9 heteroatoms. The zero-order valence-electron chi connectivity index (χ0n) is 16.8. The summed E-state index contributed by atoms with van der Waals surface area (Å²) in [6.45, 7) is 3.58. The molecular formula is C21H23N3O6. The van der Waals surface area contributed by atoms with Gasteiger partial charge in [-0.3, -0.25) is 15.0 Å². The molecule has 0 aliphatic carbocycles. The van der Waals surface area contributed by atoms with Crippen molar-refractivity contribution < 1.29 is 24.4 Å². The number of nitrogens with zero attached hydrogens (tertiary/aromatic N) is 3. The highest BCUT2D eigenvalue weighted by Gasteiger charge is 2.36. The first-order valence-electron chi connectivity index (χ1n) is 9.60. The number of benzene rings is 1. The summed E-state index contributed by atoms with van der Waals surface area (Å²) in [7, 11) is 0. The number of hydrogen-bond donors (Lipinski definition) is 1. The summed E-state index contributed by atoms with van der Waals surface area (Å²) in [6.07, 6.45) is 1.84. The number of amides is 1. The summed E-state index contributed by atoms with van der Waals surface area (Å²) in [5.74, 6) is -1.32. The molecule has 0 saturated carbocycles. The molecule has 1 heterocycles. The summed E-state index contributed by atoms with van der Waals surface area (Å²) >= 11 is 0. The second-order valence-electron chi connectivity index (χ2n) is 6.61. The molecule has 30 heavy (non-hydrogen) atoms. The van der Waals surface area contributed by atoms with Crippen LogP contribution in [-0.2, 0) is 9.53 Å². The van der Waals surface area contributed by atoms with Gasteiger partial charge >= 0.3 is 12.1 Å². The third-order valence-electron chi connectivity index (χ3n) is 4.71. The molecule has 2 rings (SSSR count). The molecule has 0 aromatic heterocycles. The Kier molecular flexibility index (Phi) is 7.69. The van der Waals surface area contributed by atoms with Crippen LogP contribution in [-0.4, -0.2) is 33.6 Å². The topological polar surface area (TPSA) is 134 Å². The lowest BCUT2D eigenvalue weighted by molar-refractivity contribution is -0.384. The minimum Gasteiger partial charge on any atom is -0.464 e. The van der Waals surface area contributed by atoms with E-state index in [1.54, 1.807) is 18.2 Å². The molecule has 0 radical (unpaired) electrons. The number of esters is 1. The van der Waals surface area contributed by atoms with Crippen LogP contribution in [0.5, 0.6) is 0 Å². The highest BCUT2D eigenvalue weighted by molar-refractivity contribution is 5.93. The zero-order chi connectivity index (χ0) is 22.3. The molecule has 0 bridgehead atoms. The van der Waals surface area contributed by atoms with E-state index in [9.17, 15) is 24.8 Å². The van der Waals surface area contributed by atoms with Crippen LogP contribution in [0.25, 0.3) is 0 Å². The van der Waals surface area contributed by atoms with Crippen molar-refractivity contribution in [3.05, 3.63) is 63.0 Å². The fourth-order valence-electron chi connectivity index (χ4n) is 3.40. The molecule has 158 valence electrons. The molecule has 1 aliphatic heterocycles. The number of nitro benzene ring substituents is 1. The van der Waals surface area contributed by atoms with Crippen LogP contribution in [0.15, 0.2) is 47.3 Å². The Morgan fingerprint density at radius 1 is 1.30 bits per heavy atom. The molecule has 1 aromatic rings. The average molecular weight is 413 g/mol. The van der Waals surface area contributed by atoms with E-state index in [0.29, 0.717) is 36.2 Å². The Hall–Kier alpha value is -3.67. The van der Waals surface area contributed by atoms with Gasteiger partial charge in [-0.05, 0) is 18.4 Å². The average Bonchev–Trinajstić information content (AvgIpc) is 2.72. The number of allylic oxidation sites excluding steroid dienone is 3. The van der Waals surface area contributed by atoms with E-state index in [-0.39, 0.29) is 24.3 Å². The summed E-state index contributed by atoms with van der Waals surface area (Å²) in [5.41, 5.74) is 1.54. The second-order valence-corrected chi connectivity index (χ2v) is 6.61. The molecule has 9 nitrogen and oxygen atoms in total. The van der Waals surface area contributed by atoms with E-state index in [2.05, 4.69) is 0 Å². The fourth-order valence-corrected chi connectivity index (χ4v) is 3.40. The van der Waals surface area contributed by atoms with Gasteiger partial charge in [0.25, 0.3) is 5.69 Å². The number of rotatable bonds is 8. The molecule has 1 amide bonds. The predicted molar refractivity (Wildman–Crippen MR) is 107 cm³/mol. The third kappa shape index (κ3) is 4.84. The van der Waals surface area contributed by atoms with E-state index in [1.807, 2.05) is 19.9 Å². The van der Waals surface area contributed by atoms with E-state index >= 15 is 0 Å². The molecule has 1 atom stereocenters. The Labute approximate surface area is 174 Å². The molecule has 0 saturated heterocycles. The monoisotopic (exact) mass is 413 g/mol.